The van der Waals surface area contributed by atoms with Crippen molar-refractivity contribution >= 4 is 16.0 Å². The van der Waals surface area contributed by atoms with Crippen molar-refractivity contribution in [2.75, 3.05) is 26.9 Å². The van der Waals surface area contributed by atoms with E-state index in [9.17, 15) is 17.6 Å². The first-order chi connectivity index (χ1) is 16.4. The second-order valence-corrected chi connectivity index (χ2v) is 8.97. The highest BCUT2D eigenvalue weighted by molar-refractivity contribution is 7.87. The van der Waals surface area contributed by atoms with Crippen molar-refractivity contribution in [2.45, 2.75) is 18.0 Å². The highest BCUT2D eigenvalue weighted by atomic mass is 32.2. The summed E-state index contributed by atoms with van der Waals surface area (Å²) in [6.07, 6.45) is 0. The van der Waals surface area contributed by atoms with Gasteiger partial charge in [0.15, 0.2) is 0 Å². The maximum Gasteiger partial charge on any atom is 0.339 e. The van der Waals surface area contributed by atoms with Crippen LogP contribution in [0.5, 0.6) is 5.75 Å². The Morgan fingerprint density at radius 3 is 2.24 bits per heavy atom. The van der Waals surface area contributed by atoms with E-state index in [1.54, 1.807) is 24.1 Å². The van der Waals surface area contributed by atoms with Crippen LogP contribution in [0.25, 0.3) is 0 Å². The molecule has 0 aliphatic rings. The third-order valence-electron chi connectivity index (χ3n) is 4.86. The molecule has 0 aliphatic heterocycles. The van der Waals surface area contributed by atoms with Gasteiger partial charge in [-0.15, -0.1) is 0 Å². The molecule has 180 valence electrons. The van der Waals surface area contributed by atoms with Crippen molar-refractivity contribution in [1.82, 2.24) is 4.90 Å². The summed E-state index contributed by atoms with van der Waals surface area (Å²) in [4.78, 5) is 14.2. The Morgan fingerprint density at radius 1 is 0.912 bits per heavy atom. The van der Waals surface area contributed by atoms with Crippen LogP contribution in [0.3, 0.4) is 0 Å². The molecule has 3 aromatic carbocycles. The van der Waals surface area contributed by atoms with Gasteiger partial charge in [-0.05, 0) is 47.5 Å². The van der Waals surface area contributed by atoms with Gasteiger partial charge in [-0.2, -0.15) is 8.42 Å². The lowest BCUT2D eigenvalue weighted by Gasteiger charge is -2.22. The van der Waals surface area contributed by atoms with Crippen LogP contribution in [0.2, 0.25) is 0 Å². The first-order valence-electron chi connectivity index (χ1n) is 10.5. The number of hydrogen-bond donors (Lipinski definition) is 0. The van der Waals surface area contributed by atoms with E-state index in [2.05, 4.69) is 0 Å². The molecule has 0 unspecified atom stereocenters. The molecule has 0 atom stereocenters. The highest BCUT2D eigenvalue weighted by Gasteiger charge is 2.18. The zero-order chi connectivity index (χ0) is 24.4. The summed E-state index contributed by atoms with van der Waals surface area (Å²) in [6.45, 7) is 1.29. The van der Waals surface area contributed by atoms with Crippen LogP contribution in [0.4, 0.5) is 4.39 Å². The monoisotopic (exact) mass is 487 g/mol. The minimum atomic E-state index is -4.09. The Hall–Kier alpha value is -3.27. The first kappa shape index (κ1) is 25.4. The van der Waals surface area contributed by atoms with E-state index in [-0.39, 0.29) is 23.2 Å². The Bertz CT molecular complexity index is 1150. The molecular weight excluding hydrogens is 461 g/mol. The SMILES string of the molecule is COCCN(Cc1ccc(OS(=O)(=O)c2ccc(F)cc2)cc1)C(=O)COCc1ccccc1. The molecular formula is C25H26FNO6S. The number of halogens is 1. The minimum absolute atomic E-state index is 0.0737. The van der Waals surface area contributed by atoms with Crippen LogP contribution in [0.15, 0.2) is 83.8 Å². The molecule has 0 bridgehead atoms. The Morgan fingerprint density at radius 2 is 1.59 bits per heavy atom. The number of benzene rings is 3. The van der Waals surface area contributed by atoms with E-state index >= 15 is 0 Å². The molecule has 7 nitrogen and oxygen atoms in total. The van der Waals surface area contributed by atoms with Gasteiger partial charge in [0.05, 0.1) is 13.2 Å². The molecule has 0 radical (unpaired) electrons. The first-order valence-corrected chi connectivity index (χ1v) is 12.0. The van der Waals surface area contributed by atoms with Crippen molar-refractivity contribution in [1.29, 1.82) is 0 Å². The minimum Gasteiger partial charge on any atom is -0.383 e. The van der Waals surface area contributed by atoms with Crippen LogP contribution >= 0.6 is 0 Å². The molecule has 0 fully saturated rings. The van der Waals surface area contributed by atoms with E-state index in [0.29, 0.717) is 26.3 Å². The summed E-state index contributed by atoms with van der Waals surface area (Å²) in [5.74, 6) is -0.623. The van der Waals surface area contributed by atoms with Gasteiger partial charge in [0.2, 0.25) is 5.91 Å². The predicted octanol–water partition coefficient (Wildman–Crippen LogP) is 3.79. The summed E-state index contributed by atoms with van der Waals surface area (Å²) in [6, 6.07) is 20.3. The lowest BCUT2D eigenvalue weighted by molar-refractivity contribution is -0.137. The molecule has 0 saturated heterocycles. The van der Waals surface area contributed by atoms with Gasteiger partial charge < -0.3 is 18.6 Å². The molecule has 0 aromatic heterocycles. The third-order valence-corrected chi connectivity index (χ3v) is 6.12. The van der Waals surface area contributed by atoms with Crippen LogP contribution in [-0.2, 0) is 37.5 Å². The standard InChI is InChI=1S/C25H26FNO6S/c1-31-16-15-27(25(28)19-32-18-21-5-3-2-4-6-21)17-20-7-11-23(12-8-20)33-34(29,30)24-13-9-22(26)10-14-24/h2-14H,15-19H2,1H3. The maximum atomic E-state index is 13.1. The van der Waals surface area contributed by atoms with E-state index in [1.165, 1.54) is 12.1 Å². The van der Waals surface area contributed by atoms with Crippen molar-refractivity contribution < 1.29 is 31.3 Å². The quantitative estimate of drug-likeness (QED) is 0.362. The zero-order valence-electron chi connectivity index (χ0n) is 18.7. The fourth-order valence-corrected chi connectivity index (χ4v) is 3.99. The topological polar surface area (TPSA) is 82.1 Å². The number of nitrogens with zero attached hydrogens (tertiary/aromatic N) is 1. The second kappa shape index (κ2) is 12.3. The van der Waals surface area contributed by atoms with Gasteiger partial charge in [0, 0.05) is 20.2 Å². The molecule has 0 heterocycles. The summed E-state index contributed by atoms with van der Waals surface area (Å²) in [7, 11) is -2.53. The van der Waals surface area contributed by atoms with Gasteiger partial charge in [-0.25, -0.2) is 4.39 Å². The average Bonchev–Trinajstić information content (AvgIpc) is 2.83. The number of hydrogen-bond acceptors (Lipinski definition) is 6. The van der Waals surface area contributed by atoms with E-state index in [1.807, 2.05) is 30.3 Å². The van der Waals surface area contributed by atoms with Crippen molar-refractivity contribution in [3.05, 3.63) is 95.8 Å². The van der Waals surface area contributed by atoms with Crippen LogP contribution in [0, 0.1) is 5.82 Å². The van der Waals surface area contributed by atoms with E-state index < -0.39 is 15.9 Å². The van der Waals surface area contributed by atoms with Gasteiger partial charge >= 0.3 is 10.1 Å². The van der Waals surface area contributed by atoms with Gasteiger partial charge in [-0.3, -0.25) is 4.79 Å². The molecule has 0 spiro atoms. The third kappa shape index (κ3) is 7.65. The molecule has 0 aliphatic carbocycles. The molecule has 9 heteroatoms. The molecule has 34 heavy (non-hydrogen) atoms. The number of amides is 1. The lowest BCUT2D eigenvalue weighted by atomic mass is 10.2. The number of carbonyl (C=O) groups is 1. The maximum absolute atomic E-state index is 13.1. The Balaban J connectivity index is 1.59. The molecule has 1 amide bonds. The zero-order valence-corrected chi connectivity index (χ0v) is 19.5. The highest BCUT2D eigenvalue weighted by Crippen LogP contribution is 2.20. The summed E-state index contributed by atoms with van der Waals surface area (Å²) in [5, 5.41) is 0. The summed E-state index contributed by atoms with van der Waals surface area (Å²) in [5.41, 5.74) is 1.75. The van der Waals surface area contributed by atoms with Crippen molar-refractivity contribution in [3.63, 3.8) is 0 Å². The fourth-order valence-electron chi connectivity index (χ4n) is 3.06. The molecule has 3 rings (SSSR count). The van der Waals surface area contributed by atoms with Crippen LogP contribution in [0.1, 0.15) is 11.1 Å². The van der Waals surface area contributed by atoms with Crippen LogP contribution < -0.4 is 4.18 Å². The van der Waals surface area contributed by atoms with E-state index in [4.69, 9.17) is 13.7 Å². The Labute approximate surface area is 198 Å². The van der Waals surface area contributed by atoms with Crippen molar-refractivity contribution in [3.8, 4) is 5.75 Å². The predicted molar refractivity (Wildman–Crippen MR) is 124 cm³/mol. The molecule has 3 aromatic rings. The molecule has 0 N–H and O–H groups in total. The molecule has 0 saturated carbocycles. The normalized spacial score (nSPS) is 11.2. The Kier molecular flexibility index (Phi) is 9.15. The summed E-state index contributed by atoms with van der Waals surface area (Å²) < 4.78 is 53.6. The number of methoxy groups -OCH3 is 1. The van der Waals surface area contributed by atoms with Gasteiger partial charge in [0.1, 0.15) is 23.1 Å². The lowest BCUT2D eigenvalue weighted by Crippen LogP contribution is -2.36. The number of rotatable bonds is 12. The van der Waals surface area contributed by atoms with Gasteiger partial charge in [-0.1, -0.05) is 42.5 Å². The number of carbonyl (C=O) groups excluding carboxylic acids is 1. The largest absolute Gasteiger partial charge is 0.383 e. The van der Waals surface area contributed by atoms with E-state index in [0.717, 1.165) is 35.4 Å². The van der Waals surface area contributed by atoms with Crippen LogP contribution in [-0.4, -0.2) is 46.1 Å². The average molecular weight is 488 g/mol. The second-order valence-electron chi connectivity index (χ2n) is 7.42. The van der Waals surface area contributed by atoms with Crippen molar-refractivity contribution in [2.24, 2.45) is 0 Å². The number of ether oxygens (including phenoxy) is 2. The fraction of sp³-hybridized carbons (Fsp3) is 0.240. The smallest absolute Gasteiger partial charge is 0.339 e. The summed E-state index contributed by atoms with van der Waals surface area (Å²) >= 11 is 0. The van der Waals surface area contributed by atoms with Gasteiger partial charge in [0.25, 0.3) is 0 Å².